The molecule has 1 N–H and O–H groups in total. The second kappa shape index (κ2) is 7.70. The van der Waals surface area contributed by atoms with Crippen LogP contribution >= 0.6 is 34.7 Å². The molecule has 7 heteroatoms. The molecule has 0 aliphatic rings. The van der Waals surface area contributed by atoms with Crippen LogP contribution in [0.3, 0.4) is 0 Å². The van der Waals surface area contributed by atoms with E-state index in [2.05, 4.69) is 10.3 Å². The third-order valence-corrected chi connectivity index (χ3v) is 5.38. The number of ether oxygens (including phenoxy) is 1. The molecule has 0 radical (unpaired) electrons. The number of anilines is 1. The molecule has 4 nitrogen and oxygen atoms in total. The van der Waals surface area contributed by atoms with Crippen LogP contribution in [0.4, 0.5) is 5.13 Å². The maximum Gasteiger partial charge on any atom is 0.257 e. The standard InChI is InChI=1S/C17H13ClN2O2S2/c1-22-13-7-2-3-8-14(13)23-15-10-19-17(24-15)20-16(21)11-5-4-6-12(18)9-11/h2-10H,1H3,(H,19,20,21). The molecule has 24 heavy (non-hydrogen) atoms. The van der Waals surface area contributed by atoms with Crippen molar-refractivity contribution in [2.45, 2.75) is 9.10 Å². The number of methoxy groups -OCH3 is 1. The van der Waals surface area contributed by atoms with E-state index in [4.69, 9.17) is 16.3 Å². The number of carbonyl (C=O) groups excluding carboxylic acids is 1. The number of hydrogen-bond donors (Lipinski definition) is 1. The molecule has 0 saturated carbocycles. The molecule has 0 bridgehead atoms. The van der Waals surface area contributed by atoms with Gasteiger partial charge in [-0.1, -0.05) is 52.9 Å². The fourth-order valence-corrected chi connectivity index (χ4v) is 4.10. The van der Waals surface area contributed by atoms with Crippen molar-refractivity contribution in [3.8, 4) is 5.75 Å². The summed E-state index contributed by atoms with van der Waals surface area (Å²) in [6.07, 6.45) is 1.73. The summed E-state index contributed by atoms with van der Waals surface area (Å²) in [6, 6.07) is 14.6. The predicted octanol–water partition coefficient (Wildman–Crippen LogP) is 5.21. The van der Waals surface area contributed by atoms with Crippen molar-refractivity contribution in [2.24, 2.45) is 0 Å². The number of rotatable bonds is 5. The minimum Gasteiger partial charge on any atom is -0.496 e. The zero-order valence-corrected chi connectivity index (χ0v) is 15.0. The second-order valence-electron chi connectivity index (χ2n) is 4.70. The molecule has 0 spiro atoms. The normalized spacial score (nSPS) is 10.4. The van der Waals surface area contributed by atoms with Crippen LogP contribution in [0, 0.1) is 0 Å². The van der Waals surface area contributed by atoms with Gasteiger partial charge in [-0.05, 0) is 30.3 Å². The lowest BCUT2D eigenvalue weighted by Crippen LogP contribution is -2.11. The van der Waals surface area contributed by atoms with Crippen molar-refractivity contribution in [3.05, 3.63) is 65.3 Å². The highest BCUT2D eigenvalue weighted by Crippen LogP contribution is 2.38. The SMILES string of the molecule is COc1ccccc1Sc1cnc(NC(=O)c2cccc(Cl)c2)s1. The average molecular weight is 377 g/mol. The number of thiazole rings is 1. The lowest BCUT2D eigenvalue weighted by molar-refractivity contribution is 0.102. The number of benzene rings is 2. The van der Waals surface area contributed by atoms with Gasteiger partial charge in [0.05, 0.1) is 22.4 Å². The fourth-order valence-electron chi connectivity index (χ4n) is 1.97. The van der Waals surface area contributed by atoms with E-state index < -0.39 is 0 Å². The third kappa shape index (κ3) is 4.08. The zero-order valence-electron chi connectivity index (χ0n) is 12.7. The van der Waals surface area contributed by atoms with Crippen LogP contribution < -0.4 is 10.1 Å². The van der Waals surface area contributed by atoms with Gasteiger partial charge in [0, 0.05) is 10.6 Å². The van der Waals surface area contributed by atoms with E-state index >= 15 is 0 Å². The quantitative estimate of drug-likeness (QED) is 0.664. The average Bonchev–Trinajstić information content (AvgIpc) is 3.02. The summed E-state index contributed by atoms with van der Waals surface area (Å²) in [6.45, 7) is 0. The van der Waals surface area contributed by atoms with E-state index in [1.54, 1.807) is 49.3 Å². The number of para-hydroxylation sites is 1. The number of nitrogens with one attached hydrogen (secondary N) is 1. The van der Waals surface area contributed by atoms with E-state index in [-0.39, 0.29) is 5.91 Å². The van der Waals surface area contributed by atoms with Gasteiger partial charge in [0.1, 0.15) is 5.75 Å². The number of nitrogens with zero attached hydrogens (tertiary/aromatic N) is 1. The molecule has 0 fully saturated rings. The van der Waals surface area contributed by atoms with E-state index in [0.29, 0.717) is 15.7 Å². The van der Waals surface area contributed by atoms with Gasteiger partial charge in [-0.25, -0.2) is 4.98 Å². The Kier molecular flexibility index (Phi) is 5.40. The van der Waals surface area contributed by atoms with Crippen LogP contribution in [0.1, 0.15) is 10.4 Å². The van der Waals surface area contributed by atoms with Crippen molar-refractivity contribution >= 4 is 45.7 Å². The van der Waals surface area contributed by atoms with Crippen LogP contribution in [-0.2, 0) is 0 Å². The van der Waals surface area contributed by atoms with Gasteiger partial charge in [0.25, 0.3) is 5.91 Å². The highest BCUT2D eigenvalue weighted by molar-refractivity contribution is 8.01. The number of amides is 1. The maximum absolute atomic E-state index is 12.2. The molecule has 122 valence electrons. The first-order chi connectivity index (χ1) is 11.7. The van der Waals surface area contributed by atoms with Crippen molar-refractivity contribution in [2.75, 3.05) is 12.4 Å². The van der Waals surface area contributed by atoms with Crippen LogP contribution in [0.2, 0.25) is 5.02 Å². The van der Waals surface area contributed by atoms with Gasteiger partial charge in [-0.2, -0.15) is 0 Å². The first-order valence-corrected chi connectivity index (χ1v) is 9.00. The molecular formula is C17H13ClN2O2S2. The zero-order chi connectivity index (χ0) is 16.9. The summed E-state index contributed by atoms with van der Waals surface area (Å²) in [5.41, 5.74) is 0.497. The van der Waals surface area contributed by atoms with Gasteiger partial charge in [-0.3, -0.25) is 10.1 Å². The summed E-state index contributed by atoms with van der Waals surface area (Å²) < 4.78 is 6.30. The molecule has 1 heterocycles. The van der Waals surface area contributed by atoms with E-state index in [1.807, 2.05) is 24.3 Å². The molecule has 0 aliphatic heterocycles. The Bertz CT molecular complexity index is 867. The number of aromatic nitrogens is 1. The Morgan fingerprint density at radius 1 is 1.25 bits per heavy atom. The summed E-state index contributed by atoms with van der Waals surface area (Å²) >= 11 is 8.86. The Morgan fingerprint density at radius 2 is 2.08 bits per heavy atom. The van der Waals surface area contributed by atoms with Crippen LogP contribution in [0.25, 0.3) is 0 Å². The Labute approximate surface area is 152 Å². The van der Waals surface area contributed by atoms with Crippen molar-refractivity contribution in [3.63, 3.8) is 0 Å². The summed E-state index contributed by atoms with van der Waals surface area (Å²) in [4.78, 5) is 17.4. The smallest absolute Gasteiger partial charge is 0.257 e. The number of halogens is 1. The summed E-state index contributed by atoms with van der Waals surface area (Å²) in [5.74, 6) is 0.570. The van der Waals surface area contributed by atoms with Crippen molar-refractivity contribution in [1.29, 1.82) is 0 Å². The van der Waals surface area contributed by atoms with Gasteiger partial charge in [-0.15, -0.1) is 0 Å². The third-order valence-electron chi connectivity index (χ3n) is 3.07. The highest BCUT2D eigenvalue weighted by atomic mass is 35.5. The molecular weight excluding hydrogens is 364 g/mol. The van der Waals surface area contributed by atoms with Crippen LogP contribution in [0.15, 0.2) is 63.8 Å². The number of carbonyl (C=O) groups is 1. The van der Waals surface area contributed by atoms with Gasteiger partial charge < -0.3 is 4.74 Å². The van der Waals surface area contributed by atoms with E-state index in [9.17, 15) is 4.79 Å². The minimum absolute atomic E-state index is 0.235. The summed E-state index contributed by atoms with van der Waals surface area (Å²) in [7, 11) is 1.64. The van der Waals surface area contributed by atoms with E-state index in [1.165, 1.54) is 11.3 Å². The molecule has 2 aromatic carbocycles. The van der Waals surface area contributed by atoms with Gasteiger partial charge in [0.15, 0.2) is 5.13 Å². The van der Waals surface area contributed by atoms with Crippen LogP contribution in [0.5, 0.6) is 5.75 Å². The minimum atomic E-state index is -0.235. The van der Waals surface area contributed by atoms with Gasteiger partial charge >= 0.3 is 0 Å². The monoisotopic (exact) mass is 376 g/mol. The predicted molar refractivity (Wildman–Crippen MR) is 98.6 cm³/mol. The molecule has 0 aliphatic carbocycles. The van der Waals surface area contributed by atoms with Gasteiger partial charge in [0.2, 0.25) is 0 Å². The van der Waals surface area contributed by atoms with Crippen molar-refractivity contribution in [1.82, 2.24) is 4.98 Å². The second-order valence-corrected chi connectivity index (χ2v) is 7.51. The maximum atomic E-state index is 12.2. The largest absolute Gasteiger partial charge is 0.496 e. The lowest BCUT2D eigenvalue weighted by Gasteiger charge is -2.05. The first kappa shape index (κ1) is 16.8. The summed E-state index contributed by atoms with van der Waals surface area (Å²) in [5, 5.41) is 3.85. The molecule has 1 amide bonds. The molecule has 1 aromatic heterocycles. The van der Waals surface area contributed by atoms with E-state index in [0.717, 1.165) is 14.9 Å². The fraction of sp³-hybridized carbons (Fsp3) is 0.0588. The molecule has 3 rings (SSSR count). The first-order valence-electron chi connectivity index (χ1n) is 6.99. The Morgan fingerprint density at radius 3 is 2.88 bits per heavy atom. The topological polar surface area (TPSA) is 51.2 Å². The Hall–Kier alpha value is -2.02. The molecule has 3 aromatic rings. The highest BCUT2D eigenvalue weighted by Gasteiger charge is 2.11. The lowest BCUT2D eigenvalue weighted by atomic mass is 10.2. The Balaban J connectivity index is 1.70. The van der Waals surface area contributed by atoms with Crippen molar-refractivity contribution < 1.29 is 9.53 Å². The molecule has 0 unspecified atom stereocenters. The molecule has 0 saturated heterocycles. The van der Waals surface area contributed by atoms with Crippen LogP contribution in [-0.4, -0.2) is 18.0 Å². The number of hydrogen-bond acceptors (Lipinski definition) is 5. The molecule has 0 atom stereocenters.